The number of likely N-dealkylation sites (tertiary alicyclic amines) is 2. The molecule has 24 heavy (non-hydrogen) atoms. The Labute approximate surface area is 148 Å². The Hall–Kier alpha value is -1.35. The predicted molar refractivity (Wildman–Crippen MR) is 102 cm³/mol. The number of benzene rings is 1. The Morgan fingerprint density at radius 1 is 1.08 bits per heavy atom. The molecule has 1 aromatic rings. The highest BCUT2D eigenvalue weighted by atomic mass is 16.2. The molecular weight excluding hydrogens is 296 g/mol. The highest BCUT2D eigenvalue weighted by Crippen LogP contribution is 2.22. The van der Waals surface area contributed by atoms with Crippen LogP contribution in [0.2, 0.25) is 0 Å². The number of carbonyl (C=O) groups excluding carboxylic acids is 1. The second kappa shape index (κ2) is 9.22. The van der Waals surface area contributed by atoms with Crippen LogP contribution in [0.1, 0.15) is 67.9 Å². The first kappa shape index (κ1) is 19.0. The number of amides is 1. The monoisotopic (exact) mass is 330 g/mol. The van der Waals surface area contributed by atoms with Crippen LogP contribution in [0.4, 0.5) is 0 Å². The first-order valence-electron chi connectivity index (χ1n) is 9.82. The van der Waals surface area contributed by atoms with E-state index in [9.17, 15) is 4.79 Å². The largest absolute Gasteiger partial charge is 0.339 e. The minimum atomic E-state index is 0.217. The number of aryl methyl sites for hydroxylation is 2. The quantitative estimate of drug-likeness (QED) is 0.825. The molecule has 1 aromatic carbocycles. The van der Waals surface area contributed by atoms with Crippen molar-refractivity contribution in [3.63, 3.8) is 0 Å². The molecule has 0 aromatic heterocycles. The summed E-state index contributed by atoms with van der Waals surface area (Å²) < 4.78 is 0. The molecule has 0 radical (unpaired) electrons. The third-order valence-corrected chi connectivity index (χ3v) is 5.39. The van der Waals surface area contributed by atoms with Crippen molar-refractivity contribution in [3.8, 4) is 0 Å². The molecule has 0 N–H and O–H groups in total. The molecule has 0 bridgehead atoms. The van der Waals surface area contributed by atoms with Crippen LogP contribution in [0.15, 0.2) is 18.2 Å². The number of rotatable bonds is 3. The van der Waals surface area contributed by atoms with E-state index in [0.29, 0.717) is 6.04 Å². The van der Waals surface area contributed by atoms with Gasteiger partial charge in [-0.3, -0.25) is 4.79 Å². The number of nitrogens with zero attached hydrogens (tertiary/aromatic N) is 2. The van der Waals surface area contributed by atoms with Crippen molar-refractivity contribution in [2.75, 3.05) is 26.2 Å². The Kier molecular flexibility index (Phi) is 7.29. The van der Waals surface area contributed by atoms with Crippen molar-refractivity contribution < 1.29 is 4.79 Å². The van der Waals surface area contributed by atoms with E-state index < -0.39 is 0 Å². The highest BCUT2D eigenvalue weighted by Gasteiger charge is 2.28. The molecule has 2 heterocycles. The lowest BCUT2D eigenvalue weighted by Gasteiger charge is -2.36. The topological polar surface area (TPSA) is 23.6 Å². The first-order valence-corrected chi connectivity index (χ1v) is 9.82. The summed E-state index contributed by atoms with van der Waals surface area (Å²) in [5, 5.41) is 0. The second-order valence-corrected chi connectivity index (χ2v) is 6.76. The molecule has 0 aliphatic carbocycles. The van der Waals surface area contributed by atoms with Gasteiger partial charge in [0.25, 0.3) is 5.91 Å². The van der Waals surface area contributed by atoms with E-state index in [-0.39, 0.29) is 5.91 Å². The average Bonchev–Trinajstić information content (AvgIpc) is 3.18. The van der Waals surface area contributed by atoms with E-state index in [1.54, 1.807) is 0 Å². The van der Waals surface area contributed by atoms with Crippen molar-refractivity contribution >= 4 is 5.91 Å². The fourth-order valence-electron chi connectivity index (χ4n) is 3.91. The van der Waals surface area contributed by atoms with Gasteiger partial charge in [-0.1, -0.05) is 26.8 Å². The number of carbonyl (C=O) groups is 1. The molecule has 0 unspecified atom stereocenters. The van der Waals surface area contributed by atoms with Crippen LogP contribution in [0, 0.1) is 6.92 Å². The third kappa shape index (κ3) is 4.38. The van der Waals surface area contributed by atoms with Gasteiger partial charge in [0.2, 0.25) is 0 Å². The zero-order valence-corrected chi connectivity index (χ0v) is 16.0. The maximum Gasteiger partial charge on any atom is 0.253 e. The lowest BCUT2D eigenvalue weighted by molar-refractivity contribution is 0.0644. The number of piperidine rings is 1. The second-order valence-electron chi connectivity index (χ2n) is 6.76. The van der Waals surface area contributed by atoms with E-state index in [0.717, 1.165) is 37.9 Å². The van der Waals surface area contributed by atoms with Crippen LogP contribution in [0.25, 0.3) is 0 Å². The van der Waals surface area contributed by atoms with Gasteiger partial charge in [0.1, 0.15) is 0 Å². The van der Waals surface area contributed by atoms with Gasteiger partial charge in [0.15, 0.2) is 0 Å². The summed E-state index contributed by atoms with van der Waals surface area (Å²) in [6.45, 7) is 12.6. The van der Waals surface area contributed by atoms with Crippen LogP contribution in [-0.4, -0.2) is 47.9 Å². The fraction of sp³-hybridized carbons (Fsp3) is 0.667. The lowest BCUT2D eigenvalue weighted by Crippen LogP contribution is -2.45. The molecule has 3 heteroatoms. The molecule has 2 saturated heterocycles. The molecular formula is C21H34N2O. The first-order chi connectivity index (χ1) is 11.7. The van der Waals surface area contributed by atoms with Gasteiger partial charge in [-0.05, 0) is 75.4 Å². The maximum atomic E-state index is 12.7. The molecule has 1 amide bonds. The molecule has 2 aliphatic rings. The average molecular weight is 331 g/mol. The summed E-state index contributed by atoms with van der Waals surface area (Å²) in [5.74, 6) is 0.217. The highest BCUT2D eigenvalue weighted by molar-refractivity contribution is 5.94. The van der Waals surface area contributed by atoms with Gasteiger partial charge in [0, 0.05) is 24.7 Å². The molecule has 0 saturated carbocycles. The Bertz CT molecular complexity index is 527. The zero-order valence-electron chi connectivity index (χ0n) is 16.0. The molecule has 3 nitrogen and oxygen atoms in total. The summed E-state index contributed by atoms with van der Waals surface area (Å²) in [7, 11) is 0. The van der Waals surface area contributed by atoms with Crippen molar-refractivity contribution in [1.29, 1.82) is 0 Å². The van der Waals surface area contributed by atoms with E-state index in [2.05, 4.69) is 35.8 Å². The number of hydrogen-bond donors (Lipinski definition) is 0. The van der Waals surface area contributed by atoms with Gasteiger partial charge in [0.05, 0.1) is 0 Å². The minimum absolute atomic E-state index is 0.217. The Morgan fingerprint density at radius 3 is 2.29 bits per heavy atom. The summed E-state index contributed by atoms with van der Waals surface area (Å²) in [5.41, 5.74) is 3.44. The van der Waals surface area contributed by atoms with Crippen LogP contribution >= 0.6 is 0 Å². The van der Waals surface area contributed by atoms with Gasteiger partial charge in [-0.15, -0.1) is 0 Å². The van der Waals surface area contributed by atoms with Crippen molar-refractivity contribution in [2.24, 2.45) is 0 Å². The summed E-state index contributed by atoms with van der Waals surface area (Å²) >= 11 is 0. The van der Waals surface area contributed by atoms with Crippen LogP contribution in [-0.2, 0) is 6.42 Å². The maximum absolute atomic E-state index is 12.7. The van der Waals surface area contributed by atoms with E-state index in [4.69, 9.17) is 0 Å². The number of hydrogen-bond acceptors (Lipinski definition) is 2. The van der Waals surface area contributed by atoms with Crippen LogP contribution in [0.3, 0.4) is 0 Å². The molecule has 134 valence electrons. The normalized spacial score (nSPS) is 19.1. The Morgan fingerprint density at radius 2 is 1.71 bits per heavy atom. The zero-order chi connectivity index (χ0) is 17.5. The molecule has 0 atom stereocenters. The molecule has 3 rings (SSSR count). The summed E-state index contributed by atoms with van der Waals surface area (Å²) in [6.07, 6.45) is 5.96. The standard InChI is InChI=1S/C19H28N2O.C2H6/c1-3-16-14-17(7-6-15(16)2)19(22)21-12-8-18(9-13-21)20-10-4-5-11-20;1-2/h6-7,14,18H,3-5,8-13H2,1-2H3;1-2H3. The van der Waals surface area contributed by atoms with Crippen molar-refractivity contribution in [2.45, 2.75) is 65.8 Å². The minimum Gasteiger partial charge on any atom is -0.339 e. The third-order valence-electron chi connectivity index (χ3n) is 5.39. The van der Waals surface area contributed by atoms with Gasteiger partial charge in [-0.25, -0.2) is 0 Å². The lowest BCUT2D eigenvalue weighted by atomic mass is 10.00. The van der Waals surface area contributed by atoms with Crippen LogP contribution in [0.5, 0.6) is 0 Å². The van der Waals surface area contributed by atoms with Crippen molar-refractivity contribution in [1.82, 2.24) is 9.80 Å². The fourth-order valence-corrected chi connectivity index (χ4v) is 3.91. The van der Waals surface area contributed by atoms with E-state index in [1.807, 2.05) is 19.9 Å². The molecule has 0 spiro atoms. The summed E-state index contributed by atoms with van der Waals surface area (Å²) in [4.78, 5) is 17.4. The molecule has 2 fully saturated rings. The van der Waals surface area contributed by atoms with Crippen LogP contribution < -0.4 is 0 Å². The van der Waals surface area contributed by atoms with Gasteiger partial charge >= 0.3 is 0 Å². The van der Waals surface area contributed by atoms with Gasteiger partial charge in [-0.2, -0.15) is 0 Å². The predicted octanol–water partition coefficient (Wildman–Crippen LogP) is 4.28. The van der Waals surface area contributed by atoms with E-state index in [1.165, 1.54) is 37.1 Å². The SMILES string of the molecule is CC.CCc1cc(C(=O)N2CCC(N3CCCC3)CC2)ccc1C. The summed E-state index contributed by atoms with van der Waals surface area (Å²) in [6, 6.07) is 6.87. The smallest absolute Gasteiger partial charge is 0.253 e. The van der Waals surface area contributed by atoms with Crippen molar-refractivity contribution in [3.05, 3.63) is 34.9 Å². The van der Waals surface area contributed by atoms with E-state index >= 15 is 0 Å². The molecule has 2 aliphatic heterocycles. The Balaban J connectivity index is 0.00000100. The van der Waals surface area contributed by atoms with Gasteiger partial charge < -0.3 is 9.80 Å².